The molecule has 94 valence electrons. The van der Waals surface area contributed by atoms with Gasteiger partial charge in [0.2, 0.25) is 0 Å². The summed E-state index contributed by atoms with van der Waals surface area (Å²) in [7, 11) is 1.27. The Morgan fingerprint density at radius 2 is 2.29 bits per heavy atom. The highest BCUT2D eigenvalue weighted by molar-refractivity contribution is 7.14. The summed E-state index contributed by atoms with van der Waals surface area (Å²) in [5, 5.41) is 4.26. The lowest BCUT2D eigenvalue weighted by molar-refractivity contribution is 0.0595. The Morgan fingerprint density at radius 1 is 1.53 bits per heavy atom. The van der Waals surface area contributed by atoms with Gasteiger partial charge in [0.1, 0.15) is 0 Å². The number of nitrogens with one attached hydrogen (secondary N) is 1. The molecule has 0 spiro atoms. The molecule has 17 heavy (non-hydrogen) atoms. The van der Waals surface area contributed by atoms with Crippen LogP contribution in [0.4, 0.5) is 9.93 Å². The van der Waals surface area contributed by atoms with Crippen molar-refractivity contribution in [2.24, 2.45) is 0 Å². The molecule has 0 bridgehead atoms. The number of carbonyl (C=O) groups is 2. The smallest absolute Gasteiger partial charge is 0.413 e. The molecule has 0 radical (unpaired) electrons. The Hall–Kier alpha value is -1.63. The van der Waals surface area contributed by atoms with E-state index in [0.29, 0.717) is 11.7 Å². The molecule has 0 aliphatic heterocycles. The molecular formula is C10H14N2O4S. The summed E-state index contributed by atoms with van der Waals surface area (Å²) < 4.78 is 9.38. The van der Waals surface area contributed by atoms with Crippen LogP contribution < -0.4 is 5.32 Å². The maximum absolute atomic E-state index is 11.3. The zero-order chi connectivity index (χ0) is 12.7. The lowest BCUT2D eigenvalue weighted by atomic mass is 10.4. The fourth-order valence-corrected chi connectivity index (χ4v) is 1.63. The minimum absolute atomic E-state index is 0.168. The number of esters is 1. The highest BCUT2D eigenvalue weighted by atomic mass is 32.1. The number of thiazole rings is 1. The van der Waals surface area contributed by atoms with Gasteiger partial charge in [0, 0.05) is 5.38 Å². The van der Waals surface area contributed by atoms with E-state index in [0.717, 1.165) is 24.2 Å². The first-order chi connectivity index (χ1) is 8.17. The molecule has 7 heteroatoms. The first-order valence-corrected chi connectivity index (χ1v) is 6.03. The topological polar surface area (TPSA) is 77.5 Å². The van der Waals surface area contributed by atoms with E-state index in [2.05, 4.69) is 15.0 Å². The third-order valence-corrected chi connectivity index (χ3v) is 2.60. The van der Waals surface area contributed by atoms with E-state index >= 15 is 0 Å². The van der Waals surface area contributed by atoms with Crippen LogP contribution in [0, 0.1) is 0 Å². The summed E-state index contributed by atoms with van der Waals surface area (Å²) in [6.45, 7) is 2.38. The van der Waals surface area contributed by atoms with Gasteiger partial charge in [-0.3, -0.25) is 5.32 Å². The lowest BCUT2D eigenvalue weighted by Crippen LogP contribution is -2.14. The standard InChI is InChI=1S/C10H14N2O4S/c1-3-4-5-16-10(14)12-9-11-7(6-17-9)8(13)15-2/h6H,3-5H2,1-2H3,(H,11,12,14). The minimum Gasteiger partial charge on any atom is -0.464 e. The molecule has 0 saturated carbocycles. The molecule has 6 nitrogen and oxygen atoms in total. The Kier molecular flexibility index (Phi) is 5.41. The predicted octanol–water partition coefficient (Wildman–Crippen LogP) is 2.28. The third kappa shape index (κ3) is 4.39. The molecule has 0 unspecified atom stereocenters. The largest absolute Gasteiger partial charge is 0.464 e. The highest BCUT2D eigenvalue weighted by Gasteiger charge is 2.12. The number of hydrogen-bond acceptors (Lipinski definition) is 6. The van der Waals surface area contributed by atoms with Gasteiger partial charge >= 0.3 is 12.1 Å². The summed E-state index contributed by atoms with van der Waals surface area (Å²) in [4.78, 5) is 26.2. The molecule has 0 aliphatic rings. The average molecular weight is 258 g/mol. The van der Waals surface area contributed by atoms with E-state index in [4.69, 9.17) is 4.74 Å². The van der Waals surface area contributed by atoms with Crippen LogP contribution in [-0.2, 0) is 9.47 Å². The second-order valence-corrected chi connectivity index (χ2v) is 4.00. The van der Waals surface area contributed by atoms with Crippen LogP contribution >= 0.6 is 11.3 Å². The van der Waals surface area contributed by atoms with E-state index < -0.39 is 12.1 Å². The number of ether oxygens (including phenoxy) is 2. The molecule has 1 aromatic heterocycles. The zero-order valence-electron chi connectivity index (χ0n) is 9.69. The van der Waals surface area contributed by atoms with Gasteiger partial charge in [-0.1, -0.05) is 13.3 Å². The average Bonchev–Trinajstić information content (AvgIpc) is 2.77. The number of unbranched alkanes of at least 4 members (excludes halogenated alkanes) is 1. The summed E-state index contributed by atoms with van der Waals surface area (Å²) in [5.41, 5.74) is 0.168. The lowest BCUT2D eigenvalue weighted by Gasteiger charge is -2.02. The van der Waals surface area contributed by atoms with Crippen LogP contribution in [0.25, 0.3) is 0 Å². The fourth-order valence-electron chi connectivity index (χ4n) is 0.962. The summed E-state index contributed by atoms with van der Waals surface area (Å²) in [6.07, 6.45) is 1.21. The van der Waals surface area contributed by atoms with Gasteiger partial charge in [0.05, 0.1) is 13.7 Å². The van der Waals surface area contributed by atoms with Gasteiger partial charge in [0.25, 0.3) is 0 Å². The van der Waals surface area contributed by atoms with Crippen LogP contribution in [0.15, 0.2) is 5.38 Å². The Labute approximate surface area is 103 Å². The second kappa shape index (κ2) is 6.85. The van der Waals surface area contributed by atoms with E-state index in [-0.39, 0.29) is 5.69 Å². The Balaban J connectivity index is 2.43. The van der Waals surface area contributed by atoms with E-state index in [1.54, 1.807) is 0 Å². The van der Waals surface area contributed by atoms with Crippen LogP contribution in [0.5, 0.6) is 0 Å². The zero-order valence-corrected chi connectivity index (χ0v) is 10.5. The maximum atomic E-state index is 11.3. The number of anilines is 1. The van der Waals surface area contributed by atoms with Crippen LogP contribution in [0.1, 0.15) is 30.3 Å². The monoisotopic (exact) mass is 258 g/mol. The SMILES string of the molecule is CCCCOC(=O)Nc1nc(C(=O)OC)cs1. The third-order valence-electron chi connectivity index (χ3n) is 1.84. The first-order valence-electron chi connectivity index (χ1n) is 5.15. The predicted molar refractivity (Wildman–Crippen MR) is 63.3 cm³/mol. The molecule has 1 aromatic rings. The number of rotatable bonds is 5. The summed E-state index contributed by atoms with van der Waals surface area (Å²) in [5.74, 6) is -0.534. The molecule has 1 rings (SSSR count). The fraction of sp³-hybridized carbons (Fsp3) is 0.500. The number of aromatic nitrogens is 1. The molecule has 1 N–H and O–H groups in total. The Bertz CT molecular complexity index is 391. The molecule has 0 atom stereocenters. The minimum atomic E-state index is -0.566. The van der Waals surface area contributed by atoms with Gasteiger partial charge in [-0.25, -0.2) is 14.6 Å². The van der Waals surface area contributed by atoms with Gasteiger partial charge in [0.15, 0.2) is 10.8 Å². The maximum Gasteiger partial charge on any atom is 0.413 e. The van der Waals surface area contributed by atoms with Crippen molar-refractivity contribution in [2.75, 3.05) is 19.0 Å². The van der Waals surface area contributed by atoms with Gasteiger partial charge in [-0.15, -0.1) is 11.3 Å². The van der Waals surface area contributed by atoms with Crippen molar-refractivity contribution in [3.05, 3.63) is 11.1 Å². The van der Waals surface area contributed by atoms with E-state index in [1.807, 2.05) is 6.92 Å². The molecule has 1 heterocycles. The molecule has 0 saturated heterocycles. The highest BCUT2D eigenvalue weighted by Crippen LogP contribution is 2.16. The number of hydrogen-bond donors (Lipinski definition) is 1. The molecule has 0 fully saturated rings. The van der Waals surface area contributed by atoms with Crippen molar-refractivity contribution < 1.29 is 19.1 Å². The summed E-state index contributed by atoms with van der Waals surface area (Å²) >= 11 is 1.14. The molecule has 0 aromatic carbocycles. The number of nitrogens with zero attached hydrogens (tertiary/aromatic N) is 1. The van der Waals surface area contributed by atoms with Crippen molar-refractivity contribution in [3.8, 4) is 0 Å². The van der Waals surface area contributed by atoms with Crippen LogP contribution in [0.2, 0.25) is 0 Å². The number of carbonyl (C=O) groups excluding carboxylic acids is 2. The molecular weight excluding hydrogens is 244 g/mol. The van der Waals surface area contributed by atoms with Crippen molar-refractivity contribution in [1.82, 2.24) is 4.98 Å². The second-order valence-electron chi connectivity index (χ2n) is 3.14. The van der Waals surface area contributed by atoms with Gasteiger partial charge in [-0.05, 0) is 6.42 Å². The van der Waals surface area contributed by atoms with Crippen molar-refractivity contribution in [1.29, 1.82) is 0 Å². The van der Waals surface area contributed by atoms with Crippen LogP contribution in [0.3, 0.4) is 0 Å². The Morgan fingerprint density at radius 3 is 2.94 bits per heavy atom. The summed E-state index contributed by atoms with van der Waals surface area (Å²) in [6, 6.07) is 0. The van der Waals surface area contributed by atoms with Crippen molar-refractivity contribution in [2.45, 2.75) is 19.8 Å². The van der Waals surface area contributed by atoms with E-state index in [9.17, 15) is 9.59 Å². The van der Waals surface area contributed by atoms with Gasteiger partial charge in [-0.2, -0.15) is 0 Å². The number of methoxy groups -OCH3 is 1. The van der Waals surface area contributed by atoms with Gasteiger partial charge < -0.3 is 9.47 Å². The molecule has 1 amide bonds. The number of amides is 1. The normalized spacial score (nSPS) is 9.76. The first kappa shape index (κ1) is 13.4. The van der Waals surface area contributed by atoms with E-state index in [1.165, 1.54) is 12.5 Å². The van der Waals surface area contributed by atoms with Crippen LogP contribution in [-0.4, -0.2) is 30.8 Å². The quantitative estimate of drug-likeness (QED) is 0.647. The van der Waals surface area contributed by atoms with Crippen molar-refractivity contribution >= 4 is 28.5 Å². The molecule has 0 aliphatic carbocycles. The van der Waals surface area contributed by atoms with Crippen molar-refractivity contribution in [3.63, 3.8) is 0 Å².